The molecule has 1 spiro atoms. The number of amides is 1. The molecule has 30 heavy (non-hydrogen) atoms. The molecule has 1 amide bonds. The third-order valence-corrected chi connectivity index (χ3v) is 7.52. The zero-order chi connectivity index (χ0) is 21.7. The number of carbonyl (C=O) groups is 1. The number of hydrogen-bond acceptors (Lipinski definition) is 4. The van der Waals surface area contributed by atoms with E-state index in [1.165, 1.54) is 5.56 Å². The van der Waals surface area contributed by atoms with Gasteiger partial charge in [-0.3, -0.25) is 9.79 Å². The van der Waals surface area contributed by atoms with Crippen LogP contribution in [0.5, 0.6) is 5.75 Å². The first-order chi connectivity index (χ1) is 14.3. The van der Waals surface area contributed by atoms with Crippen LogP contribution in [0.15, 0.2) is 41.9 Å². The Bertz CT molecular complexity index is 862. The molecule has 5 atom stereocenters. The first-order valence-corrected chi connectivity index (χ1v) is 11.1. The molecule has 1 saturated carbocycles. The number of rotatable bonds is 6. The SMILES string of the molecule is C=CC[C@]12C[C@@]3(O[C@H](CC(C)C)N=C3C[C@H](c3ccc(OC)cc3)[C@H]1C)N(C)C2=O. The standard InChI is InChI=1S/C25H34N2O3/c1-7-12-24-15-25(27(5)23(24)28)21(26-22(30-25)13-16(2)3)14-20(17(24)4)18-8-10-19(29-6)11-9-18/h7-11,16-17,20,22H,1,12-15H2,2-6H3/t17-,20+,22-,24+,25+/m1/s1. The van der Waals surface area contributed by atoms with Gasteiger partial charge in [0.15, 0.2) is 12.0 Å². The first-order valence-electron chi connectivity index (χ1n) is 11.1. The lowest BCUT2D eigenvalue weighted by molar-refractivity contribution is -0.148. The molecule has 0 N–H and O–H groups in total. The van der Waals surface area contributed by atoms with Gasteiger partial charge in [-0.05, 0) is 54.7 Å². The molecule has 0 radical (unpaired) electrons. The molecule has 5 nitrogen and oxygen atoms in total. The van der Waals surface area contributed by atoms with E-state index >= 15 is 0 Å². The van der Waals surface area contributed by atoms with E-state index < -0.39 is 11.1 Å². The summed E-state index contributed by atoms with van der Waals surface area (Å²) in [5.74, 6) is 1.81. The van der Waals surface area contributed by atoms with E-state index in [4.69, 9.17) is 14.5 Å². The highest BCUT2D eigenvalue weighted by atomic mass is 16.6. The minimum atomic E-state index is -0.713. The van der Waals surface area contributed by atoms with Crippen molar-refractivity contribution in [2.24, 2.45) is 22.2 Å². The van der Waals surface area contributed by atoms with Gasteiger partial charge in [-0.1, -0.05) is 39.0 Å². The summed E-state index contributed by atoms with van der Waals surface area (Å²) in [6, 6.07) is 8.26. The quantitative estimate of drug-likeness (QED) is 0.634. The molecule has 1 aliphatic carbocycles. The second-order valence-electron chi connectivity index (χ2n) is 9.62. The van der Waals surface area contributed by atoms with Crippen molar-refractivity contribution in [3.8, 4) is 5.75 Å². The minimum Gasteiger partial charge on any atom is -0.497 e. The highest BCUT2D eigenvalue weighted by Gasteiger charge is 2.67. The first kappa shape index (κ1) is 21.1. The fraction of sp³-hybridized carbons (Fsp3) is 0.600. The number of aliphatic imine (C=N–C) groups is 1. The van der Waals surface area contributed by atoms with Gasteiger partial charge in [0.25, 0.3) is 0 Å². The number of nitrogens with zero attached hydrogens (tertiary/aromatic N) is 2. The molecule has 4 rings (SSSR count). The zero-order valence-electron chi connectivity index (χ0n) is 18.9. The lowest BCUT2D eigenvalue weighted by atomic mass is 9.66. The predicted octanol–water partition coefficient (Wildman–Crippen LogP) is 4.78. The highest BCUT2D eigenvalue weighted by Crippen LogP contribution is 2.59. The van der Waals surface area contributed by atoms with E-state index in [0.717, 1.165) is 24.3 Å². The van der Waals surface area contributed by atoms with E-state index in [-0.39, 0.29) is 24.0 Å². The molecule has 3 aliphatic rings. The minimum absolute atomic E-state index is 0.138. The predicted molar refractivity (Wildman–Crippen MR) is 119 cm³/mol. The van der Waals surface area contributed by atoms with Crippen LogP contribution < -0.4 is 4.74 Å². The molecule has 2 heterocycles. The third kappa shape index (κ3) is 3.01. The van der Waals surface area contributed by atoms with Crippen molar-refractivity contribution in [1.82, 2.24) is 4.90 Å². The van der Waals surface area contributed by atoms with Crippen LogP contribution in [0, 0.1) is 17.3 Å². The second-order valence-corrected chi connectivity index (χ2v) is 9.62. The van der Waals surface area contributed by atoms with Crippen molar-refractivity contribution in [2.75, 3.05) is 14.2 Å². The second kappa shape index (κ2) is 7.52. The number of hydrogen-bond donors (Lipinski definition) is 0. The van der Waals surface area contributed by atoms with Gasteiger partial charge in [-0.2, -0.15) is 0 Å². The molecule has 2 bridgehead atoms. The van der Waals surface area contributed by atoms with E-state index in [1.54, 1.807) is 7.11 Å². The Balaban J connectivity index is 1.81. The molecular weight excluding hydrogens is 376 g/mol. The Morgan fingerprint density at radius 1 is 1.37 bits per heavy atom. The maximum atomic E-state index is 13.7. The van der Waals surface area contributed by atoms with Gasteiger partial charge in [0.1, 0.15) is 5.75 Å². The van der Waals surface area contributed by atoms with Crippen LogP contribution in [0.25, 0.3) is 0 Å². The molecule has 2 fully saturated rings. The molecule has 1 aromatic carbocycles. The summed E-state index contributed by atoms with van der Waals surface area (Å²) >= 11 is 0. The summed E-state index contributed by atoms with van der Waals surface area (Å²) in [6.07, 6.45) is 4.69. The Labute approximate surface area is 180 Å². The number of allylic oxidation sites excluding steroid dienone is 1. The van der Waals surface area contributed by atoms with Crippen molar-refractivity contribution in [1.29, 1.82) is 0 Å². The monoisotopic (exact) mass is 410 g/mol. The summed E-state index contributed by atoms with van der Waals surface area (Å²) < 4.78 is 12.0. The lowest BCUT2D eigenvalue weighted by Gasteiger charge is -2.38. The van der Waals surface area contributed by atoms with Crippen LogP contribution in [-0.2, 0) is 9.53 Å². The number of likely N-dealkylation sites (tertiary alicyclic amines) is 1. The van der Waals surface area contributed by atoms with Gasteiger partial charge in [0, 0.05) is 13.5 Å². The average molecular weight is 411 g/mol. The molecule has 2 aliphatic heterocycles. The molecule has 162 valence electrons. The Hall–Kier alpha value is -2.14. The number of carbonyl (C=O) groups excluding carboxylic acids is 1. The summed E-state index contributed by atoms with van der Waals surface area (Å²) in [4.78, 5) is 20.6. The van der Waals surface area contributed by atoms with Gasteiger partial charge in [-0.15, -0.1) is 6.58 Å². The van der Waals surface area contributed by atoms with Gasteiger partial charge >= 0.3 is 0 Å². The van der Waals surface area contributed by atoms with E-state index in [9.17, 15) is 4.79 Å². The molecule has 1 saturated heterocycles. The Morgan fingerprint density at radius 2 is 2.07 bits per heavy atom. The average Bonchev–Trinajstić information content (AvgIpc) is 3.12. The smallest absolute Gasteiger partial charge is 0.231 e. The third-order valence-electron chi connectivity index (χ3n) is 7.52. The van der Waals surface area contributed by atoms with Crippen molar-refractivity contribution in [2.45, 2.75) is 64.3 Å². The topological polar surface area (TPSA) is 51.1 Å². The van der Waals surface area contributed by atoms with Gasteiger partial charge in [0.2, 0.25) is 5.91 Å². The maximum Gasteiger partial charge on any atom is 0.231 e. The summed E-state index contributed by atoms with van der Waals surface area (Å²) in [6.45, 7) is 10.6. The van der Waals surface area contributed by atoms with Crippen molar-refractivity contribution < 1.29 is 14.3 Å². The molecule has 0 unspecified atom stereocenters. The fourth-order valence-corrected chi connectivity index (χ4v) is 5.83. The van der Waals surface area contributed by atoms with E-state index in [1.807, 2.05) is 30.2 Å². The number of benzene rings is 1. The van der Waals surface area contributed by atoms with Crippen LogP contribution >= 0.6 is 0 Å². The normalized spacial score (nSPS) is 35.3. The largest absolute Gasteiger partial charge is 0.497 e. The van der Waals surface area contributed by atoms with Gasteiger partial charge in [-0.25, -0.2) is 0 Å². The number of methoxy groups -OCH3 is 1. The Morgan fingerprint density at radius 3 is 2.67 bits per heavy atom. The fourth-order valence-electron chi connectivity index (χ4n) is 5.83. The molecule has 0 aromatic heterocycles. The van der Waals surface area contributed by atoms with Crippen LogP contribution in [0.1, 0.15) is 57.9 Å². The Kier molecular flexibility index (Phi) is 5.29. The van der Waals surface area contributed by atoms with Crippen LogP contribution in [0.2, 0.25) is 0 Å². The summed E-state index contributed by atoms with van der Waals surface area (Å²) in [5, 5.41) is 0. The van der Waals surface area contributed by atoms with Gasteiger partial charge in [0.05, 0.1) is 18.2 Å². The molecule has 5 heteroatoms. The van der Waals surface area contributed by atoms with Crippen molar-refractivity contribution >= 4 is 11.6 Å². The lowest BCUT2D eigenvalue weighted by Crippen LogP contribution is -2.51. The zero-order valence-corrected chi connectivity index (χ0v) is 18.9. The maximum absolute atomic E-state index is 13.7. The molecule has 1 aromatic rings. The van der Waals surface area contributed by atoms with Crippen molar-refractivity contribution in [3.05, 3.63) is 42.5 Å². The molecular formula is C25H34N2O3. The van der Waals surface area contributed by atoms with Crippen LogP contribution in [0.4, 0.5) is 0 Å². The highest BCUT2D eigenvalue weighted by molar-refractivity contribution is 6.02. The number of ether oxygens (including phenoxy) is 2. The van der Waals surface area contributed by atoms with Gasteiger partial charge < -0.3 is 14.4 Å². The van der Waals surface area contributed by atoms with E-state index in [0.29, 0.717) is 18.8 Å². The van der Waals surface area contributed by atoms with E-state index in [2.05, 4.69) is 39.5 Å². The van der Waals surface area contributed by atoms with Crippen LogP contribution in [-0.4, -0.2) is 42.6 Å². The van der Waals surface area contributed by atoms with Crippen molar-refractivity contribution in [3.63, 3.8) is 0 Å². The number of fused-ring (bicyclic) bond motifs is 1. The van der Waals surface area contributed by atoms with Crippen LogP contribution in [0.3, 0.4) is 0 Å². The summed E-state index contributed by atoms with van der Waals surface area (Å²) in [7, 11) is 3.57. The summed E-state index contributed by atoms with van der Waals surface area (Å²) in [5.41, 5.74) is 1.01.